The van der Waals surface area contributed by atoms with E-state index in [0.717, 1.165) is 0 Å². The summed E-state index contributed by atoms with van der Waals surface area (Å²) in [5.41, 5.74) is 0.928. The number of piperazine rings is 1. The molecule has 12 heteroatoms. The van der Waals surface area contributed by atoms with E-state index >= 15 is 0 Å². The van der Waals surface area contributed by atoms with Gasteiger partial charge < -0.3 is 0 Å². The fourth-order valence-electron chi connectivity index (χ4n) is 3.42. The quantitative estimate of drug-likeness (QED) is 0.541. The van der Waals surface area contributed by atoms with Crippen molar-refractivity contribution in [3.63, 3.8) is 0 Å². The van der Waals surface area contributed by atoms with Crippen molar-refractivity contribution in [3.05, 3.63) is 55.5 Å². The Morgan fingerprint density at radius 2 is 1.23 bits per heavy atom. The molecule has 2 aromatic carbocycles. The minimum atomic E-state index is -3.96. The summed E-state index contributed by atoms with van der Waals surface area (Å²) >= 11 is 24.5. The van der Waals surface area contributed by atoms with E-state index < -0.39 is 26.1 Å². The van der Waals surface area contributed by atoms with Gasteiger partial charge in [-0.15, -0.1) is 0 Å². The van der Waals surface area contributed by atoms with Crippen LogP contribution >= 0.6 is 46.4 Å². The van der Waals surface area contributed by atoms with Crippen molar-refractivity contribution < 1.29 is 16.8 Å². The highest BCUT2D eigenvalue weighted by Crippen LogP contribution is 2.35. The van der Waals surface area contributed by atoms with Gasteiger partial charge in [0.1, 0.15) is 9.79 Å². The second-order valence-corrected chi connectivity index (χ2v) is 12.6. The number of nitrogens with zero attached hydrogens (tertiary/aromatic N) is 2. The summed E-state index contributed by atoms with van der Waals surface area (Å²) in [6.07, 6.45) is 0. The van der Waals surface area contributed by atoms with E-state index in [4.69, 9.17) is 46.4 Å². The Labute approximate surface area is 202 Å². The lowest BCUT2D eigenvalue weighted by Gasteiger charge is -2.38. The molecule has 0 aromatic heterocycles. The van der Waals surface area contributed by atoms with Gasteiger partial charge in [0.2, 0.25) is 20.0 Å². The first kappa shape index (κ1) is 25.1. The molecule has 0 N–H and O–H groups in total. The van der Waals surface area contributed by atoms with E-state index in [1.54, 1.807) is 20.8 Å². The van der Waals surface area contributed by atoms with Crippen molar-refractivity contribution >= 4 is 66.5 Å². The lowest BCUT2D eigenvalue weighted by Crippen LogP contribution is -2.55. The zero-order valence-corrected chi connectivity index (χ0v) is 21.5. The number of sulfonamides is 2. The zero-order chi connectivity index (χ0) is 23.3. The third-order valence-electron chi connectivity index (χ3n) is 5.30. The summed E-state index contributed by atoms with van der Waals surface area (Å²) < 4.78 is 55.3. The van der Waals surface area contributed by atoms with Gasteiger partial charge in [0.05, 0.1) is 10.0 Å². The molecule has 1 unspecified atom stereocenters. The molecule has 0 amide bonds. The predicted octanol–water partition coefficient (Wildman–Crippen LogP) is 5.00. The van der Waals surface area contributed by atoms with Crippen molar-refractivity contribution in [2.75, 3.05) is 19.6 Å². The minimum Gasteiger partial charge on any atom is -0.207 e. The highest BCUT2D eigenvalue weighted by atomic mass is 35.5. The molecule has 6 nitrogen and oxygen atoms in total. The number of hydrogen-bond acceptors (Lipinski definition) is 4. The standard InChI is InChI=1S/C19H20Cl4N2O4S2/c1-11-10-24(30(26,27)16-6-4-14(20)12(2)18(16)22)8-9-25(11)31(28,29)17-7-5-15(21)13(3)19(17)23/h4-7,11H,8-10H2,1-3H3. The van der Waals surface area contributed by atoms with Crippen LogP contribution in [-0.2, 0) is 20.0 Å². The third-order valence-corrected chi connectivity index (χ3v) is 11.3. The van der Waals surface area contributed by atoms with Gasteiger partial charge in [0.25, 0.3) is 0 Å². The molecule has 0 saturated carbocycles. The second-order valence-electron chi connectivity index (χ2n) is 7.30. The van der Waals surface area contributed by atoms with Crippen LogP contribution in [0.15, 0.2) is 34.1 Å². The highest BCUT2D eigenvalue weighted by Gasteiger charge is 2.39. The van der Waals surface area contributed by atoms with Crippen LogP contribution in [-0.4, -0.2) is 51.1 Å². The topological polar surface area (TPSA) is 74.8 Å². The molecular weight excluding hydrogens is 526 g/mol. The molecule has 1 fully saturated rings. The average Bonchev–Trinajstić information content (AvgIpc) is 2.69. The monoisotopic (exact) mass is 544 g/mol. The third kappa shape index (κ3) is 4.46. The Balaban J connectivity index is 1.91. The molecular formula is C19H20Cl4N2O4S2. The van der Waals surface area contributed by atoms with Gasteiger partial charge >= 0.3 is 0 Å². The van der Waals surface area contributed by atoms with Gasteiger partial charge in [-0.05, 0) is 56.2 Å². The number of halogens is 4. The Morgan fingerprint density at radius 1 is 0.774 bits per heavy atom. The Bertz CT molecular complexity index is 1250. The van der Waals surface area contributed by atoms with Crippen LogP contribution in [0.1, 0.15) is 18.1 Å². The molecule has 1 aliphatic heterocycles. The van der Waals surface area contributed by atoms with Gasteiger partial charge in [-0.2, -0.15) is 8.61 Å². The van der Waals surface area contributed by atoms with Crippen molar-refractivity contribution in [1.29, 1.82) is 0 Å². The molecule has 0 spiro atoms. The maximum atomic E-state index is 13.2. The van der Waals surface area contributed by atoms with E-state index in [-0.39, 0.29) is 39.5 Å². The van der Waals surface area contributed by atoms with Crippen LogP contribution in [0.3, 0.4) is 0 Å². The minimum absolute atomic E-state index is 0.0336. The molecule has 1 aliphatic rings. The molecule has 170 valence electrons. The summed E-state index contributed by atoms with van der Waals surface area (Å²) in [6.45, 7) is 4.80. The molecule has 0 aliphatic carbocycles. The number of rotatable bonds is 4. The van der Waals surface area contributed by atoms with Crippen molar-refractivity contribution in [2.24, 2.45) is 0 Å². The van der Waals surface area contributed by atoms with Gasteiger partial charge in [0.15, 0.2) is 0 Å². The molecule has 1 heterocycles. The van der Waals surface area contributed by atoms with Gasteiger partial charge in [-0.3, -0.25) is 0 Å². The van der Waals surface area contributed by atoms with Crippen LogP contribution in [0.5, 0.6) is 0 Å². The molecule has 1 saturated heterocycles. The van der Waals surface area contributed by atoms with Crippen LogP contribution in [0.25, 0.3) is 0 Å². The summed E-state index contributed by atoms with van der Waals surface area (Å²) in [5, 5.41) is 0.836. The molecule has 1 atom stereocenters. The Morgan fingerprint density at radius 3 is 1.68 bits per heavy atom. The largest absolute Gasteiger partial charge is 0.244 e. The van der Waals surface area contributed by atoms with E-state index in [1.165, 1.54) is 32.9 Å². The molecule has 31 heavy (non-hydrogen) atoms. The summed E-state index contributed by atoms with van der Waals surface area (Å²) in [6, 6.07) is 5.04. The van der Waals surface area contributed by atoms with Crippen LogP contribution in [0.4, 0.5) is 0 Å². The molecule has 3 rings (SSSR count). The Hall–Kier alpha value is -0.580. The normalized spacial score (nSPS) is 19.0. The molecule has 0 radical (unpaired) electrons. The lowest BCUT2D eigenvalue weighted by atomic mass is 10.2. The van der Waals surface area contributed by atoms with Crippen molar-refractivity contribution in [1.82, 2.24) is 8.61 Å². The first-order valence-corrected chi connectivity index (χ1v) is 13.6. The van der Waals surface area contributed by atoms with Crippen LogP contribution in [0.2, 0.25) is 20.1 Å². The van der Waals surface area contributed by atoms with E-state index in [9.17, 15) is 16.8 Å². The summed E-state index contributed by atoms with van der Waals surface area (Å²) in [4.78, 5) is -0.119. The maximum Gasteiger partial charge on any atom is 0.244 e. The summed E-state index contributed by atoms with van der Waals surface area (Å²) in [5.74, 6) is 0. The van der Waals surface area contributed by atoms with Crippen LogP contribution < -0.4 is 0 Å². The van der Waals surface area contributed by atoms with Gasteiger partial charge in [-0.25, -0.2) is 16.8 Å². The van der Waals surface area contributed by atoms with Crippen molar-refractivity contribution in [2.45, 2.75) is 36.6 Å². The predicted molar refractivity (Wildman–Crippen MR) is 125 cm³/mol. The fraction of sp³-hybridized carbons (Fsp3) is 0.368. The summed E-state index contributed by atoms with van der Waals surface area (Å²) in [7, 11) is -7.90. The smallest absolute Gasteiger partial charge is 0.207 e. The van der Waals surface area contributed by atoms with E-state index in [1.807, 2.05) is 0 Å². The van der Waals surface area contributed by atoms with E-state index in [2.05, 4.69) is 0 Å². The Kier molecular flexibility index (Phi) is 7.26. The molecule has 2 aromatic rings. The second kappa shape index (κ2) is 8.99. The molecule has 0 bridgehead atoms. The average molecular weight is 546 g/mol. The first-order valence-electron chi connectivity index (χ1n) is 9.21. The van der Waals surface area contributed by atoms with Crippen molar-refractivity contribution in [3.8, 4) is 0 Å². The number of hydrogen-bond donors (Lipinski definition) is 0. The SMILES string of the molecule is Cc1c(Cl)ccc(S(=O)(=O)N2CCN(S(=O)(=O)c3ccc(Cl)c(C)c3Cl)C(C)C2)c1Cl. The highest BCUT2D eigenvalue weighted by molar-refractivity contribution is 7.89. The van der Waals surface area contributed by atoms with E-state index in [0.29, 0.717) is 21.2 Å². The van der Waals surface area contributed by atoms with Crippen LogP contribution in [0, 0.1) is 13.8 Å². The van der Waals surface area contributed by atoms with Gasteiger partial charge in [0, 0.05) is 35.7 Å². The van der Waals surface area contributed by atoms with Gasteiger partial charge in [-0.1, -0.05) is 46.4 Å². The zero-order valence-electron chi connectivity index (χ0n) is 16.9. The fourth-order valence-corrected chi connectivity index (χ4v) is 8.11. The first-order chi connectivity index (χ1) is 14.3. The number of benzene rings is 2. The maximum absolute atomic E-state index is 13.2. The lowest BCUT2D eigenvalue weighted by molar-refractivity contribution is 0.212.